The van der Waals surface area contributed by atoms with Crippen LogP contribution in [0.1, 0.15) is 10.4 Å². The smallest absolute Gasteiger partial charge is 0.335 e. The summed E-state index contributed by atoms with van der Waals surface area (Å²) < 4.78 is 0.892. The molecular formula is C10H9BrO2S. The molecule has 74 valence electrons. The molecule has 0 amide bonds. The van der Waals surface area contributed by atoms with Crippen molar-refractivity contribution in [1.82, 2.24) is 0 Å². The summed E-state index contributed by atoms with van der Waals surface area (Å²) in [7, 11) is 0. The first-order chi connectivity index (χ1) is 6.59. The molecule has 4 heteroatoms. The van der Waals surface area contributed by atoms with Crippen LogP contribution in [0.4, 0.5) is 0 Å². The van der Waals surface area contributed by atoms with Gasteiger partial charge in [0.05, 0.1) is 5.56 Å². The van der Waals surface area contributed by atoms with Crippen LogP contribution in [0.2, 0.25) is 0 Å². The fraction of sp³-hybridized carbons (Fsp3) is 0.100. The van der Waals surface area contributed by atoms with Crippen LogP contribution in [0.5, 0.6) is 0 Å². The molecule has 0 saturated heterocycles. The van der Waals surface area contributed by atoms with Gasteiger partial charge in [0.1, 0.15) is 0 Å². The summed E-state index contributed by atoms with van der Waals surface area (Å²) in [5, 5.41) is 8.75. The number of rotatable bonds is 4. The first kappa shape index (κ1) is 11.3. The third-order valence-electron chi connectivity index (χ3n) is 1.48. The Morgan fingerprint density at radius 3 is 2.86 bits per heavy atom. The van der Waals surface area contributed by atoms with Crippen molar-refractivity contribution in [2.24, 2.45) is 0 Å². The average Bonchev–Trinajstić information content (AvgIpc) is 2.15. The van der Waals surface area contributed by atoms with Gasteiger partial charge in [-0.15, -0.1) is 11.8 Å². The van der Waals surface area contributed by atoms with Gasteiger partial charge >= 0.3 is 5.97 Å². The average molecular weight is 273 g/mol. The molecule has 0 fully saturated rings. The largest absolute Gasteiger partial charge is 0.478 e. The Morgan fingerprint density at radius 2 is 2.29 bits per heavy atom. The summed E-state index contributed by atoms with van der Waals surface area (Å²) in [5.74, 6) is -0.159. The number of carboxylic acid groups (broad SMARTS) is 1. The molecule has 0 aliphatic rings. The summed E-state index contributed by atoms with van der Waals surface area (Å²) in [4.78, 5) is 11.6. The molecule has 0 heterocycles. The molecule has 0 bridgehead atoms. The molecule has 0 saturated carbocycles. The number of carbonyl (C=O) groups is 1. The minimum Gasteiger partial charge on any atom is -0.478 e. The zero-order valence-corrected chi connectivity index (χ0v) is 9.77. The minimum atomic E-state index is -0.898. The van der Waals surface area contributed by atoms with Gasteiger partial charge in [0.15, 0.2) is 0 Å². The first-order valence-electron chi connectivity index (χ1n) is 3.89. The third-order valence-corrected chi connectivity index (χ3v) is 3.21. The number of hydrogen-bond acceptors (Lipinski definition) is 2. The standard InChI is InChI=1S/C10H9BrO2S/c1-7(11)6-14-9-4-2-3-8(5-9)10(12)13/h2-5H,1,6H2,(H,12,13). The van der Waals surface area contributed by atoms with Crippen molar-refractivity contribution < 1.29 is 9.90 Å². The number of halogens is 1. The molecule has 0 spiro atoms. The van der Waals surface area contributed by atoms with Crippen molar-refractivity contribution in [2.75, 3.05) is 5.75 Å². The predicted octanol–water partition coefficient (Wildman–Crippen LogP) is 3.39. The number of hydrogen-bond donors (Lipinski definition) is 1. The second-order valence-electron chi connectivity index (χ2n) is 2.64. The van der Waals surface area contributed by atoms with Crippen LogP contribution in [-0.4, -0.2) is 16.8 Å². The Kier molecular flexibility index (Phi) is 4.22. The van der Waals surface area contributed by atoms with E-state index < -0.39 is 5.97 Å². The van der Waals surface area contributed by atoms with E-state index in [1.54, 1.807) is 30.0 Å². The predicted molar refractivity (Wildman–Crippen MR) is 62.2 cm³/mol. The molecule has 0 atom stereocenters. The summed E-state index contributed by atoms with van der Waals surface area (Å²) in [6.45, 7) is 3.71. The van der Waals surface area contributed by atoms with Crippen LogP contribution in [0.3, 0.4) is 0 Å². The van der Waals surface area contributed by atoms with Crippen molar-refractivity contribution in [3.63, 3.8) is 0 Å². The Hall–Kier alpha value is -0.740. The van der Waals surface area contributed by atoms with E-state index in [0.717, 1.165) is 15.1 Å². The van der Waals surface area contributed by atoms with Crippen LogP contribution in [0.15, 0.2) is 40.2 Å². The van der Waals surface area contributed by atoms with E-state index in [9.17, 15) is 4.79 Å². The molecule has 0 aromatic heterocycles. The monoisotopic (exact) mass is 272 g/mol. The number of thioether (sulfide) groups is 1. The van der Waals surface area contributed by atoms with E-state index in [2.05, 4.69) is 22.5 Å². The van der Waals surface area contributed by atoms with E-state index in [-0.39, 0.29) is 0 Å². The zero-order valence-electron chi connectivity index (χ0n) is 7.37. The van der Waals surface area contributed by atoms with Gasteiger partial charge in [-0.05, 0) is 22.7 Å². The highest BCUT2D eigenvalue weighted by Crippen LogP contribution is 2.22. The molecule has 14 heavy (non-hydrogen) atoms. The van der Waals surface area contributed by atoms with Crippen molar-refractivity contribution in [2.45, 2.75) is 4.90 Å². The van der Waals surface area contributed by atoms with Crippen LogP contribution < -0.4 is 0 Å². The maximum atomic E-state index is 10.7. The maximum absolute atomic E-state index is 10.7. The fourth-order valence-electron chi connectivity index (χ4n) is 0.881. The van der Waals surface area contributed by atoms with Crippen LogP contribution in [-0.2, 0) is 0 Å². The van der Waals surface area contributed by atoms with Crippen molar-refractivity contribution in [3.05, 3.63) is 40.9 Å². The second-order valence-corrected chi connectivity index (χ2v) is 4.81. The number of benzene rings is 1. The molecule has 1 N–H and O–H groups in total. The van der Waals surface area contributed by atoms with Gasteiger partial charge < -0.3 is 5.11 Å². The molecule has 0 unspecified atom stereocenters. The van der Waals surface area contributed by atoms with Gasteiger partial charge in [-0.1, -0.05) is 28.6 Å². The summed E-state index contributed by atoms with van der Waals surface area (Å²) in [5.41, 5.74) is 0.315. The quantitative estimate of drug-likeness (QED) is 0.854. The highest BCUT2D eigenvalue weighted by Gasteiger charge is 2.03. The van der Waals surface area contributed by atoms with Crippen molar-refractivity contribution >= 4 is 33.7 Å². The lowest BCUT2D eigenvalue weighted by Crippen LogP contribution is -1.95. The molecule has 2 nitrogen and oxygen atoms in total. The lowest BCUT2D eigenvalue weighted by molar-refractivity contribution is 0.0696. The van der Waals surface area contributed by atoms with Crippen LogP contribution in [0.25, 0.3) is 0 Å². The van der Waals surface area contributed by atoms with E-state index in [0.29, 0.717) is 5.56 Å². The van der Waals surface area contributed by atoms with Crippen LogP contribution in [0, 0.1) is 0 Å². The van der Waals surface area contributed by atoms with Crippen LogP contribution >= 0.6 is 27.7 Å². The summed E-state index contributed by atoms with van der Waals surface area (Å²) in [6.07, 6.45) is 0. The van der Waals surface area contributed by atoms with E-state index in [1.165, 1.54) is 0 Å². The molecule has 1 aromatic carbocycles. The second kappa shape index (κ2) is 5.22. The molecule has 0 aliphatic heterocycles. The topological polar surface area (TPSA) is 37.3 Å². The SMILES string of the molecule is C=C(Br)CSc1cccc(C(=O)O)c1. The third kappa shape index (κ3) is 3.55. The number of aromatic carboxylic acids is 1. The Balaban J connectivity index is 2.73. The zero-order chi connectivity index (χ0) is 10.6. The van der Waals surface area contributed by atoms with Gasteiger partial charge in [-0.3, -0.25) is 0 Å². The van der Waals surface area contributed by atoms with Gasteiger partial charge in [-0.2, -0.15) is 0 Å². The fourth-order valence-corrected chi connectivity index (χ4v) is 1.93. The summed E-state index contributed by atoms with van der Waals surface area (Å²) in [6, 6.07) is 6.86. The van der Waals surface area contributed by atoms with Crippen molar-refractivity contribution in [3.8, 4) is 0 Å². The maximum Gasteiger partial charge on any atom is 0.335 e. The lowest BCUT2D eigenvalue weighted by atomic mass is 10.2. The summed E-state index contributed by atoms with van der Waals surface area (Å²) >= 11 is 4.80. The van der Waals surface area contributed by atoms with E-state index in [1.807, 2.05) is 6.07 Å². The van der Waals surface area contributed by atoms with Gasteiger partial charge in [0.25, 0.3) is 0 Å². The Morgan fingerprint density at radius 1 is 1.57 bits per heavy atom. The lowest BCUT2D eigenvalue weighted by Gasteiger charge is -2.01. The first-order valence-corrected chi connectivity index (χ1v) is 5.67. The van der Waals surface area contributed by atoms with Gasteiger partial charge in [0, 0.05) is 10.6 Å². The minimum absolute atomic E-state index is 0.315. The Bertz CT molecular complexity index is 363. The Labute approximate surface area is 95.1 Å². The van der Waals surface area contributed by atoms with E-state index >= 15 is 0 Å². The molecule has 0 aliphatic carbocycles. The molecule has 1 aromatic rings. The van der Waals surface area contributed by atoms with Crippen molar-refractivity contribution in [1.29, 1.82) is 0 Å². The normalized spacial score (nSPS) is 9.79. The number of carboxylic acids is 1. The highest BCUT2D eigenvalue weighted by molar-refractivity contribution is 9.11. The van der Waals surface area contributed by atoms with Gasteiger partial charge in [0.2, 0.25) is 0 Å². The molecular weight excluding hydrogens is 264 g/mol. The van der Waals surface area contributed by atoms with E-state index in [4.69, 9.17) is 5.11 Å². The molecule has 0 radical (unpaired) electrons. The molecule has 1 rings (SSSR count). The highest BCUT2D eigenvalue weighted by atomic mass is 79.9. The van der Waals surface area contributed by atoms with Gasteiger partial charge in [-0.25, -0.2) is 4.79 Å².